The van der Waals surface area contributed by atoms with Crippen molar-refractivity contribution >= 4 is 31.9 Å². The van der Waals surface area contributed by atoms with E-state index in [1.165, 1.54) is 0 Å². The van der Waals surface area contributed by atoms with Crippen LogP contribution in [0.15, 0.2) is 50.0 Å². The normalized spacial score (nSPS) is 12.7. The zero-order valence-electron chi connectivity index (χ0n) is 8.28. The molecule has 0 aliphatic rings. The van der Waals surface area contributed by atoms with Crippen molar-refractivity contribution in [3.8, 4) is 0 Å². The molecule has 1 aromatic carbocycles. The summed E-state index contributed by atoms with van der Waals surface area (Å²) < 4.78 is 7.34. The van der Waals surface area contributed by atoms with Gasteiger partial charge in [-0.15, -0.1) is 0 Å². The van der Waals surface area contributed by atoms with Crippen LogP contribution in [-0.4, -0.2) is 0 Å². The summed E-state index contributed by atoms with van der Waals surface area (Å²) in [5.74, 6) is 6.34. The molecule has 0 bridgehead atoms. The monoisotopic (exact) mass is 344 g/mol. The van der Waals surface area contributed by atoms with E-state index in [4.69, 9.17) is 10.3 Å². The number of nitrogens with two attached hydrogens (primary N) is 1. The van der Waals surface area contributed by atoms with Gasteiger partial charge in [-0.05, 0) is 29.8 Å². The number of nitrogens with one attached hydrogen (secondary N) is 1. The minimum absolute atomic E-state index is 0.155. The van der Waals surface area contributed by atoms with E-state index >= 15 is 0 Å². The van der Waals surface area contributed by atoms with Gasteiger partial charge in [0.15, 0.2) is 0 Å². The van der Waals surface area contributed by atoms with Crippen LogP contribution in [0.2, 0.25) is 0 Å². The molecule has 3 nitrogen and oxygen atoms in total. The summed E-state index contributed by atoms with van der Waals surface area (Å²) in [7, 11) is 0. The minimum Gasteiger partial charge on any atom is -0.467 e. The van der Waals surface area contributed by atoms with Gasteiger partial charge in [0, 0.05) is 8.95 Å². The first kappa shape index (κ1) is 11.9. The number of hydrogen-bond acceptors (Lipinski definition) is 3. The quantitative estimate of drug-likeness (QED) is 0.662. The lowest BCUT2D eigenvalue weighted by Gasteiger charge is -2.15. The first-order chi connectivity index (χ1) is 7.72. The number of halogens is 2. The standard InChI is InChI=1S/C11H10Br2N2O/c12-7-3-4-8(9(13)6-7)11(15-14)10-2-1-5-16-10/h1-6,11,15H,14H2. The van der Waals surface area contributed by atoms with E-state index in [1.807, 2.05) is 30.3 Å². The molecule has 1 heterocycles. The van der Waals surface area contributed by atoms with Crippen molar-refractivity contribution in [3.05, 3.63) is 56.9 Å². The molecular formula is C11H10Br2N2O. The molecule has 0 spiro atoms. The maximum atomic E-state index is 5.56. The van der Waals surface area contributed by atoms with Crippen LogP contribution in [0.4, 0.5) is 0 Å². The van der Waals surface area contributed by atoms with Crippen molar-refractivity contribution in [1.82, 2.24) is 5.43 Å². The Labute approximate surface area is 110 Å². The maximum absolute atomic E-state index is 5.56. The van der Waals surface area contributed by atoms with Crippen molar-refractivity contribution in [2.75, 3.05) is 0 Å². The van der Waals surface area contributed by atoms with Crippen molar-refractivity contribution in [3.63, 3.8) is 0 Å². The Bertz CT molecular complexity index is 471. The second-order valence-electron chi connectivity index (χ2n) is 3.28. The van der Waals surface area contributed by atoms with Gasteiger partial charge in [0.05, 0.1) is 6.26 Å². The van der Waals surface area contributed by atoms with Gasteiger partial charge in [-0.3, -0.25) is 5.84 Å². The highest BCUT2D eigenvalue weighted by molar-refractivity contribution is 9.11. The second-order valence-corrected chi connectivity index (χ2v) is 5.05. The highest BCUT2D eigenvalue weighted by Gasteiger charge is 2.17. The van der Waals surface area contributed by atoms with Crippen LogP contribution < -0.4 is 11.3 Å². The fourth-order valence-corrected chi connectivity index (χ4v) is 2.79. The molecule has 2 aromatic rings. The summed E-state index contributed by atoms with van der Waals surface area (Å²) >= 11 is 6.92. The van der Waals surface area contributed by atoms with Crippen molar-refractivity contribution in [2.45, 2.75) is 6.04 Å². The molecule has 0 amide bonds. The van der Waals surface area contributed by atoms with Gasteiger partial charge in [-0.1, -0.05) is 37.9 Å². The lowest BCUT2D eigenvalue weighted by molar-refractivity contribution is 0.451. The first-order valence-corrected chi connectivity index (χ1v) is 6.25. The second kappa shape index (κ2) is 5.14. The molecule has 0 aliphatic carbocycles. The molecule has 0 aliphatic heterocycles. The number of benzene rings is 1. The highest BCUT2D eigenvalue weighted by atomic mass is 79.9. The minimum atomic E-state index is -0.155. The molecule has 3 N–H and O–H groups in total. The molecule has 0 radical (unpaired) electrons. The van der Waals surface area contributed by atoms with Crippen LogP contribution in [-0.2, 0) is 0 Å². The fourth-order valence-electron chi connectivity index (χ4n) is 1.52. The van der Waals surface area contributed by atoms with Crippen molar-refractivity contribution < 1.29 is 4.42 Å². The van der Waals surface area contributed by atoms with E-state index in [2.05, 4.69) is 37.3 Å². The van der Waals surface area contributed by atoms with E-state index in [0.717, 1.165) is 20.3 Å². The Balaban J connectivity index is 2.41. The van der Waals surface area contributed by atoms with Gasteiger partial charge < -0.3 is 4.42 Å². The van der Waals surface area contributed by atoms with Gasteiger partial charge in [0.2, 0.25) is 0 Å². The average molecular weight is 346 g/mol. The summed E-state index contributed by atoms with van der Waals surface area (Å²) in [5, 5.41) is 0. The zero-order valence-corrected chi connectivity index (χ0v) is 11.5. The maximum Gasteiger partial charge on any atom is 0.126 e. The van der Waals surface area contributed by atoms with E-state index < -0.39 is 0 Å². The van der Waals surface area contributed by atoms with Crippen LogP contribution in [0.3, 0.4) is 0 Å². The van der Waals surface area contributed by atoms with Gasteiger partial charge >= 0.3 is 0 Å². The van der Waals surface area contributed by atoms with Crippen molar-refractivity contribution in [1.29, 1.82) is 0 Å². The lowest BCUT2D eigenvalue weighted by Crippen LogP contribution is -2.28. The molecule has 1 unspecified atom stereocenters. The Morgan fingerprint density at radius 1 is 1.25 bits per heavy atom. The Hall–Kier alpha value is -0.620. The topological polar surface area (TPSA) is 51.2 Å². The zero-order chi connectivity index (χ0) is 11.5. The van der Waals surface area contributed by atoms with Crippen molar-refractivity contribution in [2.24, 2.45) is 5.84 Å². The predicted molar refractivity (Wildman–Crippen MR) is 69.7 cm³/mol. The largest absolute Gasteiger partial charge is 0.467 e. The highest BCUT2D eigenvalue weighted by Crippen LogP contribution is 2.30. The molecule has 5 heteroatoms. The smallest absolute Gasteiger partial charge is 0.126 e. The molecular weight excluding hydrogens is 336 g/mol. The van der Waals surface area contributed by atoms with E-state index in [0.29, 0.717) is 0 Å². The molecule has 0 fully saturated rings. The average Bonchev–Trinajstić information content (AvgIpc) is 2.75. The van der Waals surface area contributed by atoms with Gasteiger partial charge in [0.1, 0.15) is 11.8 Å². The summed E-state index contributed by atoms with van der Waals surface area (Å²) in [6.07, 6.45) is 1.63. The van der Waals surface area contributed by atoms with E-state index in [9.17, 15) is 0 Å². The summed E-state index contributed by atoms with van der Waals surface area (Å²) in [4.78, 5) is 0. The van der Waals surface area contributed by atoms with Crippen LogP contribution in [0, 0.1) is 0 Å². The third-order valence-electron chi connectivity index (χ3n) is 2.27. The molecule has 16 heavy (non-hydrogen) atoms. The molecule has 0 saturated carbocycles. The number of rotatable bonds is 3. The summed E-state index contributed by atoms with van der Waals surface area (Å²) in [6, 6.07) is 9.50. The molecule has 0 saturated heterocycles. The molecule has 1 aromatic heterocycles. The van der Waals surface area contributed by atoms with Crippen LogP contribution in [0.1, 0.15) is 17.4 Å². The lowest BCUT2D eigenvalue weighted by atomic mass is 10.1. The van der Waals surface area contributed by atoms with Gasteiger partial charge in [0.25, 0.3) is 0 Å². The Morgan fingerprint density at radius 3 is 2.62 bits per heavy atom. The SMILES string of the molecule is NNC(c1ccco1)c1ccc(Br)cc1Br. The van der Waals surface area contributed by atoms with E-state index in [-0.39, 0.29) is 6.04 Å². The van der Waals surface area contributed by atoms with Crippen LogP contribution in [0.5, 0.6) is 0 Å². The summed E-state index contributed by atoms with van der Waals surface area (Å²) in [5.41, 5.74) is 3.77. The van der Waals surface area contributed by atoms with Crippen LogP contribution in [0.25, 0.3) is 0 Å². The van der Waals surface area contributed by atoms with Gasteiger partial charge in [-0.2, -0.15) is 0 Å². The third-order valence-corrected chi connectivity index (χ3v) is 3.45. The molecule has 1 atom stereocenters. The summed E-state index contributed by atoms with van der Waals surface area (Å²) in [6.45, 7) is 0. The third kappa shape index (κ3) is 2.38. The van der Waals surface area contributed by atoms with Gasteiger partial charge in [-0.25, -0.2) is 5.43 Å². The molecule has 84 valence electrons. The number of hydrazine groups is 1. The number of hydrogen-bond donors (Lipinski definition) is 2. The first-order valence-electron chi connectivity index (χ1n) is 4.67. The predicted octanol–water partition coefficient (Wildman–Crippen LogP) is 3.36. The van der Waals surface area contributed by atoms with E-state index in [1.54, 1.807) is 6.26 Å². The Morgan fingerprint density at radius 2 is 2.06 bits per heavy atom. The number of furan rings is 1. The Kier molecular flexibility index (Phi) is 3.81. The molecule has 2 rings (SSSR count). The van der Waals surface area contributed by atoms with Crippen LogP contribution >= 0.6 is 31.9 Å². The fraction of sp³-hybridized carbons (Fsp3) is 0.0909.